The second-order valence-electron chi connectivity index (χ2n) is 5.22. The Morgan fingerprint density at radius 3 is 2.48 bits per heavy atom. The van der Waals surface area contributed by atoms with Gasteiger partial charge >= 0.3 is 0 Å². The molecule has 2 rings (SSSR count). The normalized spacial score (nSPS) is 12.0. The second kappa shape index (κ2) is 8.41. The quantitative estimate of drug-likeness (QED) is 0.652. The van der Waals surface area contributed by atoms with E-state index in [1.54, 1.807) is 38.5 Å². The molecule has 0 amide bonds. The van der Waals surface area contributed by atoms with Crippen molar-refractivity contribution in [3.8, 4) is 17.2 Å². The molecule has 0 bridgehead atoms. The van der Waals surface area contributed by atoms with Crippen molar-refractivity contribution in [1.29, 1.82) is 0 Å². The van der Waals surface area contributed by atoms with Crippen molar-refractivity contribution < 1.29 is 19.7 Å². The van der Waals surface area contributed by atoms with Crippen molar-refractivity contribution in [3.63, 3.8) is 0 Å². The molecular weight excluding hydrogens is 294 g/mol. The van der Waals surface area contributed by atoms with E-state index in [0.717, 1.165) is 12.0 Å². The number of phenolic OH excluding ortho intramolecular Hbond substituents is 1. The molecule has 5 nitrogen and oxygen atoms in total. The Hall–Kier alpha value is -2.24. The number of aliphatic hydroxyl groups excluding tert-OH is 1. The maximum absolute atomic E-state index is 10.1. The molecule has 0 aliphatic rings. The number of hydrogen-bond acceptors (Lipinski definition) is 5. The first-order chi connectivity index (χ1) is 11.2. The van der Waals surface area contributed by atoms with Crippen LogP contribution in [0.15, 0.2) is 42.5 Å². The fraction of sp³-hybridized carbons (Fsp3) is 0.333. The first kappa shape index (κ1) is 17.1. The molecule has 0 radical (unpaired) electrons. The van der Waals surface area contributed by atoms with E-state index in [1.165, 1.54) is 0 Å². The monoisotopic (exact) mass is 317 g/mol. The highest BCUT2D eigenvalue weighted by molar-refractivity contribution is 5.43. The van der Waals surface area contributed by atoms with Crippen LogP contribution in [0, 0.1) is 0 Å². The number of hydrogen-bond donors (Lipinski definition) is 3. The summed E-state index contributed by atoms with van der Waals surface area (Å²) >= 11 is 0. The van der Waals surface area contributed by atoms with Gasteiger partial charge in [-0.25, -0.2) is 0 Å². The SMILES string of the molecule is COc1ccc(CCNC[C@@H](O)c2ccccc2O)cc1OC. The molecule has 0 saturated heterocycles. The molecule has 2 aromatic carbocycles. The van der Waals surface area contributed by atoms with E-state index in [1.807, 2.05) is 18.2 Å². The van der Waals surface area contributed by atoms with E-state index in [2.05, 4.69) is 5.32 Å². The van der Waals surface area contributed by atoms with Crippen LogP contribution < -0.4 is 14.8 Å². The maximum atomic E-state index is 10.1. The zero-order valence-electron chi connectivity index (χ0n) is 13.5. The smallest absolute Gasteiger partial charge is 0.160 e. The Morgan fingerprint density at radius 2 is 1.78 bits per heavy atom. The number of aromatic hydroxyl groups is 1. The highest BCUT2D eigenvalue weighted by atomic mass is 16.5. The Kier molecular flexibility index (Phi) is 6.26. The van der Waals surface area contributed by atoms with Crippen molar-refractivity contribution in [1.82, 2.24) is 5.32 Å². The van der Waals surface area contributed by atoms with E-state index in [4.69, 9.17) is 9.47 Å². The lowest BCUT2D eigenvalue weighted by molar-refractivity contribution is 0.171. The van der Waals surface area contributed by atoms with Crippen LogP contribution in [-0.4, -0.2) is 37.5 Å². The van der Waals surface area contributed by atoms with E-state index in [0.29, 0.717) is 30.2 Å². The van der Waals surface area contributed by atoms with Gasteiger partial charge in [-0.3, -0.25) is 0 Å². The van der Waals surface area contributed by atoms with Gasteiger partial charge in [-0.15, -0.1) is 0 Å². The Balaban J connectivity index is 1.82. The number of phenols is 1. The second-order valence-corrected chi connectivity index (χ2v) is 5.22. The third-order valence-electron chi connectivity index (χ3n) is 3.67. The summed E-state index contributed by atoms with van der Waals surface area (Å²) in [5, 5.41) is 23.0. The van der Waals surface area contributed by atoms with E-state index in [-0.39, 0.29) is 5.75 Å². The molecule has 0 spiro atoms. The van der Waals surface area contributed by atoms with Gasteiger partial charge in [0.1, 0.15) is 5.75 Å². The first-order valence-electron chi connectivity index (χ1n) is 7.53. The molecule has 23 heavy (non-hydrogen) atoms. The summed E-state index contributed by atoms with van der Waals surface area (Å²) in [7, 11) is 3.22. The van der Waals surface area contributed by atoms with E-state index >= 15 is 0 Å². The molecule has 0 aromatic heterocycles. The van der Waals surface area contributed by atoms with Gasteiger partial charge in [0.2, 0.25) is 0 Å². The predicted molar refractivity (Wildman–Crippen MR) is 89.2 cm³/mol. The van der Waals surface area contributed by atoms with Gasteiger partial charge in [-0.1, -0.05) is 24.3 Å². The topological polar surface area (TPSA) is 71.0 Å². The molecular formula is C18H23NO4. The minimum absolute atomic E-state index is 0.113. The molecule has 0 aliphatic heterocycles. The van der Waals surface area contributed by atoms with Crippen molar-refractivity contribution in [2.45, 2.75) is 12.5 Å². The first-order valence-corrected chi connectivity index (χ1v) is 7.53. The van der Waals surface area contributed by atoms with Gasteiger partial charge in [0.25, 0.3) is 0 Å². The number of para-hydroxylation sites is 1. The summed E-state index contributed by atoms with van der Waals surface area (Å²) < 4.78 is 10.5. The summed E-state index contributed by atoms with van der Waals surface area (Å²) in [6, 6.07) is 12.6. The van der Waals surface area contributed by atoms with Crippen LogP contribution in [0.1, 0.15) is 17.2 Å². The number of aliphatic hydroxyl groups is 1. The van der Waals surface area contributed by atoms with Crippen LogP contribution >= 0.6 is 0 Å². The van der Waals surface area contributed by atoms with Crippen LogP contribution in [0.3, 0.4) is 0 Å². The van der Waals surface area contributed by atoms with Gasteiger partial charge in [0, 0.05) is 12.1 Å². The third kappa shape index (κ3) is 4.61. The number of methoxy groups -OCH3 is 2. The zero-order valence-corrected chi connectivity index (χ0v) is 13.5. The molecule has 2 aromatic rings. The zero-order chi connectivity index (χ0) is 16.7. The fourth-order valence-corrected chi connectivity index (χ4v) is 2.39. The average molecular weight is 317 g/mol. The number of nitrogens with one attached hydrogen (secondary N) is 1. The molecule has 0 heterocycles. The van der Waals surface area contributed by atoms with Crippen LogP contribution in [-0.2, 0) is 6.42 Å². The van der Waals surface area contributed by atoms with Crippen LogP contribution in [0.4, 0.5) is 0 Å². The minimum atomic E-state index is -0.735. The van der Waals surface area contributed by atoms with Crippen molar-refractivity contribution in [3.05, 3.63) is 53.6 Å². The lowest BCUT2D eigenvalue weighted by Gasteiger charge is -2.14. The summed E-state index contributed by atoms with van der Waals surface area (Å²) in [5.41, 5.74) is 1.65. The summed E-state index contributed by atoms with van der Waals surface area (Å²) in [5.74, 6) is 1.53. The number of ether oxygens (including phenoxy) is 2. The predicted octanol–water partition coefficient (Wildman–Crippen LogP) is 2.28. The van der Waals surface area contributed by atoms with Crippen molar-refractivity contribution >= 4 is 0 Å². The summed E-state index contributed by atoms with van der Waals surface area (Å²) in [4.78, 5) is 0. The van der Waals surface area contributed by atoms with Crippen LogP contribution in [0.2, 0.25) is 0 Å². The van der Waals surface area contributed by atoms with Crippen molar-refractivity contribution in [2.75, 3.05) is 27.3 Å². The van der Waals surface area contributed by atoms with Gasteiger partial charge in [-0.05, 0) is 36.7 Å². The average Bonchev–Trinajstić information content (AvgIpc) is 2.58. The lowest BCUT2D eigenvalue weighted by Crippen LogP contribution is -2.23. The van der Waals surface area contributed by atoms with Crippen molar-refractivity contribution in [2.24, 2.45) is 0 Å². The largest absolute Gasteiger partial charge is 0.508 e. The third-order valence-corrected chi connectivity index (χ3v) is 3.67. The molecule has 124 valence electrons. The fourth-order valence-electron chi connectivity index (χ4n) is 2.39. The Labute approximate surface area is 136 Å². The van der Waals surface area contributed by atoms with Gasteiger partial charge in [-0.2, -0.15) is 0 Å². The molecule has 0 aliphatic carbocycles. The minimum Gasteiger partial charge on any atom is -0.508 e. The Morgan fingerprint density at radius 1 is 1.04 bits per heavy atom. The van der Waals surface area contributed by atoms with Gasteiger partial charge < -0.3 is 25.0 Å². The number of benzene rings is 2. The Bertz CT molecular complexity index is 630. The van der Waals surface area contributed by atoms with Gasteiger partial charge in [0.05, 0.1) is 20.3 Å². The summed E-state index contributed by atoms with van der Waals surface area (Å²) in [6.07, 6.45) is 0.0648. The highest BCUT2D eigenvalue weighted by Crippen LogP contribution is 2.27. The lowest BCUT2D eigenvalue weighted by atomic mass is 10.1. The molecule has 3 N–H and O–H groups in total. The molecule has 5 heteroatoms. The van der Waals surface area contributed by atoms with Crippen LogP contribution in [0.25, 0.3) is 0 Å². The standard InChI is InChI=1S/C18H23NO4/c1-22-17-8-7-13(11-18(17)23-2)9-10-19-12-16(21)14-5-3-4-6-15(14)20/h3-8,11,16,19-21H,9-10,12H2,1-2H3/t16-/m1/s1. The summed E-state index contributed by atoms with van der Waals surface area (Å²) in [6.45, 7) is 1.09. The molecule has 1 atom stereocenters. The highest BCUT2D eigenvalue weighted by Gasteiger charge is 2.11. The van der Waals surface area contributed by atoms with E-state index < -0.39 is 6.10 Å². The van der Waals surface area contributed by atoms with Gasteiger partial charge in [0.15, 0.2) is 11.5 Å². The molecule has 0 fully saturated rings. The van der Waals surface area contributed by atoms with Crippen LogP contribution in [0.5, 0.6) is 17.2 Å². The maximum Gasteiger partial charge on any atom is 0.160 e. The van der Waals surface area contributed by atoms with E-state index in [9.17, 15) is 10.2 Å². The number of rotatable bonds is 8. The molecule has 0 unspecified atom stereocenters. The molecule has 0 saturated carbocycles.